The lowest BCUT2D eigenvalue weighted by Crippen LogP contribution is -2.16. The third-order valence-electron chi connectivity index (χ3n) is 4.29. The molecule has 0 bridgehead atoms. The van der Waals surface area contributed by atoms with Crippen LogP contribution in [0.15, 0.2) is 59.7 Å². The van der Waals surface area contributed by atoms with Gasteiger partial charge in [-0.15, -0.1) is 0 Å². The molecule has 1 N–H and O–H groups in total. The molecule has 1 amide bonds. The second kappa shape index (κ2) is 12.7. The Morgan fingerprint density at radius 3 is 2.41 bits per heavy atom. The Morgan fingerprint density at radius 2 is 1.67 bits per heavy atom. The van der Waals surface area contributed by atoms with E-state index in [1.807, 2.05) is 54.6 Å². The van der Waals surface area contributed by atoms with Crippen molar-refractivity contribution in [3.63, 3.8) is 0 Å². The van der Waals surface area contributed by atoms with Gasteiger partial charge in [-0.1, -0.05) is 69.4 Å². The molecule has 4 heteroatoms. The van der Waals surface area contributed by atoms with Crippen molar-refractivity contribution in [2.75, 3.05) is 0 Å². The Hall–Kier alpha value is -2.62. The van der Waals surface area contributed by atoms with Crippen LogP contribution in [0, 0.1) is 0 Å². The van der Waals surface area contributed by atoms with Crippen molar-refractivity contribution in [3.8, 4) is 5.75 Å². The molecule has 0 unspecified atom stereocenters. The minimum Gasteiger partial charge on any atom is -0.489 e. The zero-order chi connectivity index (χ0) is 19.2. The lowest BCUT2D eigenvalue weighted by atomic mass is 10.1. The molecule has 144 valence electrons. The van der Waals surface area contributed by atoms with E-state index in [1.165, 1.54) is 25.7 Å². The van der Waals surface area contributed by atoms with E-state index in [0.29, 0.717) is 13.0 Å². The molecule has 2 aromatic rings. The number of unbranched alkanes of at least 4 members (excludes halogenated alkanes) is 5. The maximum atomic E-state index is 11.8. The molecule has 2 rings (SSSR count). The minimum absolute atomic E-state index is 0.0236. The topological polar surface area (TPSA) is 50.7 Å². The Labute approximate surface area is 162 Å². The lowest BCUT2D eigenvalue weighted by molar-refractivity contribution is -0.121. The summed E-state index contributed by atoms with van der Waals surface area (Å²) in [6.45, 7) is 2.75. The summed E-state index contributed by atoms with van der Waals surface area (Å²) in [5.74, 6) is 0.785. The number of rotatable bonds is 12. The van der Waals surface area contributed by atoms with E-state index in [9.17, 15) is 4.79 Å². The minimum atomic E-state index is -0.0236. The van der Waals surface area contributed by atoms with Crippen molar-refractivity contribution in [1.82, 2.24) is 5.43 Å². The molecule has 0 aromatic heterocycles. The van der Waals surface area contributed by atoms with E-state index in [0.717, 1.165) is 29.7 Å². The van der Waals surface area contributed by atoms with Gasteiger partial charge in [0.15, 0.2) is 0 Å². The number of nitrogens with one attached hydrogen (secondary N) is 1. The molecule has 0 atom stereocenters. The van der Waals surface area contributed by atoms with Crippen LogP contribution in [-0.2, 0) is 11.4 Å². The molecule has 0 aliphatic carbocycles. The number of hydrogen-bond donors (Lipinski definition) is 1. The first-order chi connectivity index (χ1) is 13.3. The molecule has 0 heterocycles. The molecule has 0 spiro atoms. The summed E-state index contributed by atoms with van der Waals surface area (Å²) in [4.78, 5) is 11.8. The van der Waals surface area contributed by atoms with Crippen LogP contribution < -0.4 is 10.2 Å². The zero-order valence-electron chi connectivity index (χ0n) is 16.2. The van der Waals surface area contributed by atoms with Crippen molar-refractivity contribution < 1.29 is 9.53 Å². The zero-order valence-corrected chi connectivity index (χ0v) is 16.2. The number of hydrogen-bond acceptors (Lipinski definition) is 3. The van der Waals surface area contributed by atoms with Gasteiger partial charge in [0, 0.05) is 6.42 Å². The van der Waals surface area contributed by atoms with Crippen molar-refractivity contribution in [2.45, 2.75) is 58.5 Å². The van der Waals surface area contributed by atoms with E-state index in [-0.39, 0.29) is 5.91 Å². The highest BCUT2D eigenvalue weighted by Gasteiger charge is 1.99. The third kappa shape index (κ3) is 9.04. The van der Waals surface area contributed by atoms with Gasteiger partial charge in [0.1, 0.15) is 12.4 Å². The smallest absolute Gasteiger partial charge is 0.240 e. The van der Waals surface area contributed by atoms with Crippen LogP contribution in [0.5, 0.6) is 5.75 Å². The average Bonchev–Trinajstić information content (AvgIpc) is 2.71. The fourth-order valence-electron chi connectivity index (χ4n) is 2.69. The van der Waals surface area contributed by atoms with E-state index < -0.39 is 0 Å². The molecule has 2 aromatic carbocycles. The SMILES string of the molecule is CCCCCCCCC(=O)N/N=C\c1ccc(OCc2ccccc2)cc1. The fraction of sp³-hybridized carbons (Fsp3) is 0.391. The first-order valence-corrected chi connectivity index (χ1v) is 9.86. The quantitative estimate of drug-likeness (QED) is 0.308. The lowest BCUT2D eigenvalue weighted by Gasteiger charge is -2.06. The summed E-state index contributed by atoms with van der Waals surface area (Å²) in [5.41, 5.74) is 4.65. The third-order valence-corrected chi connectivity index (χ3v) is 4.29. The van der Waals surface area contributed by atoms with Crippen LogP contribution in [0.2, 0.25) is 0 Å². The second-order valence-electron chi connectivity index (χ2n) is 6.65. The summed E-state index contributed by atoms with van der Waals surface area (Å²) in [5, 5.41) is 4.03. The molecular weight excluding hydrogens is 336 g/mol. The Balaban J connectivity index is 1.64. The second-order valence-corrected chi connectivity index (χ2v) is 6.65. The highest BCUT2D eigenvalue weighted by Crippen LogP contribution is 2.13. The molecule has 27 heavy (non-hydrogen) atoms. The van der Waals surface area contributed by atoms with Gasteiger partial charge in [0.05, 0.1) is 6.21 Å². The summed E-state index contributed by atoms with van der Waals surface area (Å²) in [6, 6.07) is 17.7. The predicted octanol–water partition coefficient (Wildman–Crippen LogP) is 5.47. The summed E-state index contributed by atoms with van der Waals surface area (Å²) >= 11 is 0. The monoisotopic (exact) mass is 366 g/mol. The molecule has 0 saturated heterocycles. The van der Waals surface area contributed by atoms with Gasteiger partial charge >= 0.3 is 0 Å². The van der Waals surface area contributed by atoms with E-state index >= 15 is 0 Å². The maximum absolute atomic E-state index is 11.8. The standard InChI is InChI=1S/C23H30N2O2/c1-2-3-4-5-6-10-13-23(26)25-24-18-20-14-16-22(17-15-20)27-19-21-11-8-7-9-12-21/h7-9,11-12,14-18H,2-6,10,13,19H2,1H3,(H,25,26)/b24-18-. The molecule has 0 aliphatic heterocycles. The van der Waals surface area contributed by atoms with Crippen LogP contribution in [0.4, 0.5) is 0 Å². The number of nitrogens with zero attached hydrogens (tertiary/aromatic N) is 1. The molecule has 0 aliphatic rings. The van der Waals surface area contributed by atoms with Gasteiger partial charge in [-0.25, -0.2) is 5.43 Å². The summed E-state index contributed by atoms with van der Waals surface area (Å²) in [7, 11) is 0. The van der Waals surface area contributed by atoms with Crippen molar-refractivity contribution >= 4 is 12.1 Å². The first kappa shape index (κ1) is 20.7. The first-order valence-electron chi connectivity index (χ1n) is 9.86. The van der Waals surface area contributed by atoms with Gasteiger partial charge in [0.2, 0.25) is 5.91 Å². The van der Waals surface area contributed by atoms with Crippen LogP contribution in [0.3, 0.4) is 0 Å². The largest absolute Gasteiger partial charge is 0.489 e. The van der Waals surface area contributed by atoms with Gasteiger partial charge in [-0.05, 0) is 41.8 Å². The molecular formula is C23H30N2O2. The number of benzene rings is 2. The number of carbonyl (C=O) groups is 1. The molecule has 0 saturated carbocycles. The van der Waals surface area contributed by atoms with Crippen molar-refractivity contribution in [2.24, 2.45) is 5.10 Å². The number of carbonyl (C=O) groups excluding carboxylic acids is 1. The fourth-order valence-corrected chi connectivity index (χ4v) is 2.69. The number of amides is 1. The van der Waals surface area contributed by atoms with E-state index in [4.69, 9.17) is 4.74 Å². The van der Waals surface area contributed by atoms with Crippen LogP contribution in [-0.4, -0.2) is 12.1 Å². The molecule has 0 fully saturated rings. The van der Waals surface area contributed by atoms with Crippen LogP contribution in [0.25, 0.3) is 0 Å². The number of ether oxygens (including phenoxy) is 1. The normalized spacial score (nSPS) is 10.9. The summed E-state index contributed by atoms with van der Waals surface area (Å²) in [6.07, 6.45) is 9.24. The van der Waals surface area contributed by atoms with Crippen molar-refractivity contribution in [1.29, 1.82) is 0 Å². The summed E-state index contributed by atoms with van der Waals surface area (Å²) < 4.78 is 5.75. The average molecular weight is 367 g/mol. The van der Waals surface area contributed by atoms with E-state index in [2.05, 4.69) is 17.5 Å². The Bertz CT molecular complexity index is 681. The Morgan fingerprint density at radius 1 is 0.963 bits per heavy atom. The molecule has 0 radical (unpaired) electrons. The highest BCUT2D eigenvalue weighted by molar-refractivity contribution is 5.82. The molecule has 4 nitrogen and oxygen atoms in total. The van der Waals surface area contributed by atoms with Gasteiger partial charge in [-0.2, -0.15) is 5.10 Å². The number of hydrazone groups is 1. The van der Waals surface area contributed by atoms with Crippen molar-refractivity contribution in [3.05, 3.63) is 65.7 Å². The Kier molecular flexibility index (Phi) is 9.72. The van der Waals surface area contributed by atoms with E-state index in [1.54, 1.807) is 6.21 Å². The highest BCUT2D eigenvalue weighted by atomic mass is 16.5. The van der Waals surface area contributed by atoms with Crippen LogP contribution in [0.1, 0.15) is 63.0 Å². The van der Waals surface area contributed by atoms with Crippen LogP contribution >= 0.6 is 0 Å². The van der Waals surface area contributed by atoms with Gasteiger partial charge < -0.3 is 4.74 Å². The van der Waals surface area contributed by atoms with Gasteiger partial charge in [-0.3, -0.25) is 4.79 Å². The van der Waals surface area contributed by atoms with Gasteiger partial charge in [0.25, 0.3) is 0 Å². The predicted molar refractivity (Wildman–Crippen MR) is 111 cm³/mol. The maximum Gasteiger partial charge on any atom is 0.240 e.